The number of ketones is 1. The molecule has 114 valence electrons. The molecule has 2 aliphatic heterocycles. The van der Waals surface area contributed by atoms with Crippen LogP contribution in [0.3, 0.4) is 0 Å². The minimum absolute atomic E-state index is 0.0747. The van der Waals surface area contributed by atoms with Crippen LogP contribution in [0.15, 0.2) is 12.1 Å². The van der Waals surface area contributed by atoms with E-state index in [2.05, 4.69) is 10.3 Å². The van der Waals surface area contributed by atoms with E-state index in [1.807, 2.05) is 0 Å². The number of methoxy groups -OCH3 is 2. The number of nitrogens with zero attached hydrogens (tertiary/aromatic N) is 1. The molecule has 0 spiro atoms. The summed E-state index contributed by atoms with van der Waals surface area (Å²) in [6.45, 7) is 0. The van der Waals surface area contributed by atoms with Crippen LogP contribution in [-0.2, 0) is 0 Å². The van der Waals surface area contributed by atoms with E-state index in [0.29, 0.717) is 29.4 Å². The number of pyridine rings is 1. The molecule has 0 aromatic carbocycles. The maximum Gasteiger partial charge on any atom is 0.227 e. The molecule has 0 radical (unpaired) electrons. The van der Waals surface area contributed by atoms with Crippen LogP contribution in [0.1, 0.15) is 42.5 Å². The van der Waals surface area contributed by atoms with Crippen molar-refractivity contribution in [1.29, 1.82) is 0 Å². The average molecular weight is 290 g/mol. The predicted molar refractivity (Wildman–Crippen MR) is 79.0 cm³/mol. The highest BCUT2D eigenvalue weighted by Gasteiger charge is 2.35. The number of carbonyl (C=O) groups is 1. The lowest BCUT2D eigenvalue weighted by atomic mass is 9.77. The van der Waals surface area contributed by atoms with Gasteiger partial charge in [-0.3, -0.25) is 4.79 Å². The Bertz CT molecular complexity index is 520. The van der Waals surface area contributed by atoms with E-state index >= 15 is 0 Å². The summed E-state index contributed by atoms with van der Waals surface area (Å²) in [5, 5.41) is 3.62. The van der Waals surface area contributed by atoms with Crippen LogP contribution in [0.4, 0.5) is 0 Å². The maximum atomic E-state index is 12.8. The molecule has 2 fully saturated rings. The van der Waals surface area contributed by atoms with Gasteiger partial charge in [0.2, 0.25) is 11.8 Å². The van der Waals surface area contributed by atoms with Crippen molar-refractivity contribution >= 4 is 5.78 Å². The monoisotopic (exact) mass is 290 g/mol. The summed E-state index contributed by atoms with van der Waals surface area (Å²) < 4.78 is 10.4. The lowest BCUT2D eigenvalue weighted by molar-refractivity contribution is 0.0821. The van der Waals surface area contributed by atoms with E-state index in [4.69, 9.17) is 9.47 Å². The van der Waals surface area contributed by atoms with E-state index in [-0.39, 0.29) is 11.7 Å². The molecule has 5 nitrogen and oxygen atoms in total. The number of hydrogen-bond acceptors (Lipinski definition) is 5. The van der Waals surface area contributed by atoms with Gasteiger partial charge in [0.1, 0.15) is 0 Å². The predicted octanol–water partition coefficient (Wildman–Crippen LogP) is 2.20. The second kappa shape index (κ2) is 6.02. The van der Waals surface area contributed by atoms with Gasteiger partial charge in [0.15, 0.2) is 5.78 Å². The van der Waals surface area contributed by atoms with E-state index in [1.165, 1.54) is 26.4 Å². The normalized spacial score (nSPS) is 28.0. The van der Waals surface area contributed by atoms with E-state index in [9.17, 15) is 4.79 Å². The van der Waals surface area contributed by atoms with Gasteiger partial charge in [0.05, 0.1) is 19.8 Å². The number of rotatable bonds is 4. The first kappa shape index (κ1) is 14.3. The molecule has 5 heteroatoms. The van der Waals surface area contributed by atoms with Gasteiger partial charge in [-0.1, -0.05) is 6.42 Å². The number of ether oxygens (including phenoxy) is 2. The quantitative estimate of drug-likeness (QED) is 0.861. The van der Waals surface area contributed by atoms with Crippen molar-refractivity contribution in [3.8, 4) is 11.8 Å². The first-order chi connectivity index (χ1) is 10.2. The summed E-state index contributed by atoms with van der Waals surface area (Å²) in [5.74, 6) is 1.06. The third-order valence-corrected chi connectivity index (χ3v) is 4.59. The number of fused-ring (bicyclic) bond motifs is 2. The number of aromatic nitrogens is 1. The van der Waals surface area contributed by atoms with Gasteiger partial charge in [-0.15, -0.1) is 0 Å². The summed E-state index contributed by atoms with van der Waals surface area (Å²) in [7, 11) is 3.09. The fourth-order valence-electron chi connectivity index (χ4n) is 3.58. The molecule has 21 heavy (non-hydrogen) atoms. The smallest absolute Gasteiger partial charge is 0.227 e. The number of carbonyl (C=O) groups excluding carboxylic acids is 1. The first-order valence-electron chi connectivity index (χ1n) is 7.60. The van der Waals surface area contributed by atoms with Gasteiger partial charge in [0, 0.05) is 24.1 Å². The maximum absolute atomic E-state index is 12.8. The minimum atomic E-state index is 0.0747. The Labute approximate surface area is 125 Å². The van der Waals surface area contributed by atoms with Crippen molar-refractivity contribution in [2.75, 3.05) is 14.2 Å². The zero-order valence-electron chi connectivity index (χ0n) is 12.6. The second-order valence-corrected chi connectivity index (χ2v) is 5.93. The molecule has 2 saturated heterocycles. The zero-order valence-corrected chi connectivity index (χ0v) is 12.6. The average Bonchev–Trinajstić information content (AvgIpc) is 2.53. The first-order valence-corrected chi connectivity index (χ1v) is 7.60. The van der Waals surface area contributed by atoms with Crippen LogP contribution in [0.5, 0.6) is 11.8 Å². The molecule has 3 rings (SSSR count). The van der Waals surface area contributed by atoms with Crippen molar-refractivity contribution in [3.05, 3.63) is 17.7 Å². The van der Waals surface area contributed by atoms with Crippen LogP contribution in [0.25, 0.3) is 0 Å². The Morgan fingerprint density at radius 2 is 1.90 bits per heavy atom. The molecular weight excluding hydrogens is 268 g/mol. The molecule has 0 saturated carbocycles. The highest BCUT2D eigenvalue weighted by molar-refractivity contribution is 6.00. The molecule has 1 aromatic rings. The van der Waals surface area contributed by atoms with E-state index in [0.717, 1.165) is 12.8 Å². The topological polar surface area (TPSA) is 60.5 Å². The highest BCUT2D eigenvalue weighted by Crippen LogP contribution is 2.33. The van der Waals surface area contributed by atoms with Crippen LogP contribution in [-0.4, -0.2) is 37.1 Å². The van der Waals surface area contributed by atoms with Gasteiger partial charge < -0.3 is 14.8 Å². The summed E-state index contributed by atoms with van der Waals surface area (Å²) in [4.78, 5) is 17.0. The van der Waals surface area contributed by atoms with Crippen molar-refractivity contribution in [3.63, 3.8) is 0 Å². The molecule has 2 atom stereocenters. The van der Waals surface area contributed by atoms with Crippen molar-refractivity contribution in [1.82, 2.24) is 10.3 Å². The largest absolute Gasteiger partial charge is 0.481 e. The Hall–Kier alpha value is -1.62. The van der Waals surface area contributed by atoms with Gasteiger partial charge in [0.25, 0.3) is 0 Å². The lowest BCUT2D eigenvalue weighted by Crippen LogP contribution is -2.50. The summed E-state index contributed by atoms with van der Waals surface area (Å²) in [5.41, 5.74) is 0.572. The Morgan fingerprint density at radius 1 is 1.19 bits per heavy atom. The van der Waals surface area contributed by atoms with E-state index < -0.39 is 0 Å². The SMILES string of the molecule is COc1ccc(C(=O)C2CC3CCCC(C2)N3)c(OC)n1. The zero-order chi connectivity index (χ0) is 14.8. The number of hydrogen-bond donors (Lipinski definition) is 1. The summed E-state index contributed by atoms with van der Waals surface area (Å²) >= 11 is 0. The van der Waals surface area contributed by atoms with Crippen molar-refractivity contribution in [2.45, 2.75) is 44.2 Å². The van der Waals surface area contributed by atoms with Crippen molar-refractivity contribution < 1.29 is 14.3 Å². The van der Waals surface area contributed by atoms with E-state index in [1.54, 1.807) is 19.2 Å². The number of nitrogens with one attached hydrogen (secondary N) is 1. The van der Waals surface area contributed by atoms with Gasteiger partial charge >= 0.3 is 0 Å². The minimum Gasteiger partial charge on any atom is -0.481 e. The molecule has 0 amide bonds. The Balaban J connectivity index is 1.81. The second-order valence-electron chi connectivity index (χ2n) is 5.93. The summed E-state index contributed by atoms with van der Waals surface area (Å²) in [6, 6.07) is 4.47. The summed E-state index contributed by atoms with van der Waals surface area (Å²) in [6.07, 6.45) is 5.47. The number of Topliss-reactive ketones (excluding diaryl/α,β-unsaturated/α-hetero) is 1. The Morgan fingerprint density at radius 3 is 2.52 bits per heavy atom. The fourth-order valence-corrected chi connectivity index (χ4v) is 3.58. The van der Waals surface area contributed by atoms with Crippen LogP contribution < -0.4 is 14.8 Å². The van der Waals surface area contributed by atoms with Gasteiger partial charge in [-0.25, -0.2) is 0 Å². The lowest BCUT2D eigenvalue weighted by Gasteiger charge is -2.39. The molecular formula is C16H22N2O3. The standard InChI is InChI=1S/C16H22N2O3/c1-20-14-7-6-13(16(18-14)21-2)15(19)10-8-11-4-3-5-12(9-10)17-11/h6-7,10-12,17H,3-5,8-9H2,1-2H3. The molecule has 3 heterocycles. The van der Waals surface area contributed by atoms with Crippen LogP contribution >= 0.6 is 0 Å². The molecule has 2 bridgehead atoms. The molecule has 0 aliphatic carbocycles. The highest BCUT2D eigenvalue weighted by atomic mass is 16.5. The molecule has 1 N–H and O–H groups in total. The number of piperidine rings is 2. The third-order valence-electron chi connectivity index (χ3n) is 4.59. The van der Waals surface area contributed by atoms with Crippen molar-refractivity contribution in [2.24, 2.45) is 5.92 Å². The fraction of sp³-hybridized carbons (Fsp3) is 0.625. The molecule has 1 aromatic heterocycles. The van der Waals surface area contributed by atoms with Crippen LogP contribution in [0, 0.1) is 5.92 Å². The molecule has 2 unspecified atom stereocenters. The van der Waals surface area contributed by atoms with Crippen LogP contribution in [0.2, 0.25) is 0 Å². The Kier molecular flexibility index (Phi) is 4.10. The van der Waals surface area contributed by atoms with Gasteiger partial charge in [-0.2, -0.15) is 4.98 Å². The van der Waals surface area contributed by atoms with Gasteiger partial charge in [-0.05, 0) is 31.7 Å². The molecule has 2 aliphatic rings. The third kappa shape index (κ3) is 2.88.